The number of nitrogens with zero attached hydrogens (tertiary/aromatic N) is 3. The summed E-state index contributed by atoms with van der Waals surface area (Å²) in [5, 5.41) is 13.2. The van der Waals surface area contributed by atoms with Crippen molar-refractivity contribution in [1.82, 2.24) is 4.90 Å². The van der Waals surface area contributed by atoms with E-state index in [0.29, 0.717) is 18.6 Å². The second kappa shape index (κ2) is 4.62. The Morgan fingerprint density at radius 1 is 1.30 bits per heavy atom. The molecule has 6 aliphatic rings. The molecule has 6 atom stereocenters. The molecule has 2 bridgehead atoms. The smallest absolute Gasteiger partial charge is 0.279 e. The van der Waals surface area contributed by atoms with Gasteiger partial charge in [0.15, 0.2) is 5.71 Å². The van der Waals surface area contributed by atoms with Gasteiger partial charge in [0.1, 0.15) is 6.10 Å². The molecule has 1 aliphatic carbocycles. The van der Waals surface area contributed by atoms with E-state index in [1.54, 1.807) is 0 Å². The molecule has 5 aliphatic heterocycles. The van der Waals surface area contributed by atoms with E-state index in [0.717, 1.165) is 31.6 Å². The zero-order valence-electron chi connectivity index (χ0n) is 14.9. The van der Waals surface area contributed by atoms with E-state index in [2.05, 4.69) is 34.3 Å². The third kappa shape index (κ3) is 1.44. The van der Waals surface area contributed by atoms with Crippen molar-refractivity contribution in [3.05, 3.63) is 41.5 Å². The fourth-order valence-electron chi connectivity index (χ4n) is 7.49. The van der Waals surface area contributed by atoms with Crippen molar-refractivity contribution in [3.8, 4) is 0 Å². The lowest BCUT2D eigenvalue weighted by Gasteiger charge is -2.58. The Balaban J connectivity index is 1.57. The third-order valence-electron chi connectivity index (χ3n) is 8.27. The van der Waals surface area contributed by atoms with Crippen LogP contribution in [-0.4, -0.2) is 59.6 Å². The maximum atomic E-state index is 13.4. The highest BCUT2D eigenvalue weighted by Gasteiger charge is 2.72. The Hall–Kier alpha value is -2.18. The molecule has 1 N–H and O–H groups in total. The van der Waals surface area contributed by atoms with E-state index in [1.807, 2.05) is 11.0 Å². The lowest BCUT2D eigenvalue weighted by Crippen LogP contribution is -2.71. The van der Waals surface area contributed by atoms with Crippen LogP contribution in [0.15, 0.2) is 41.1 Å². The molecule has 0 aromatic heterocycles. The Morgan fingerprint density at radius 2 is 2.19 bits per heavy atom. The molecule has 6 nitrogen and oxygen atoms in total. The number of hydrogen-bond acceptors (Lipinski definition) is 5. The lowest BCUT2D eigenvalue weighted by molar-refractivity contribution is -0.118. The van der Waals surface area contributed by atoms with Crippen LogP contribution in [0.3, 0.4) is 0 Å². The average Bonchev–Trinajstić information content (AvgIpc) is 3.15. The summed E-state index contributed by atoms with van der Waals surface area (Å²) in [6, 6.07) is 8.96. The van der Waals surface area contributed by atoms with Gasteiger partial charge in [-0.25, -0.2) is 0 Å². The van der Waals surface area contributed by atoms with Crippen LogP contribution in [0.1, 0.15) is 18.4 Å². The average molecular weight is 363 g/mol. The van der Waals surface area contributed by atoms with Crippen molar-refractivity contribution in [2.45, 2.75) is 36.4 Å². The Bertz CT molecular complexity index is 956. The van der Waals surface area contributed by atoms with Gasteiger partial charge in [0.05, 0.1) is 12.6 Å². The van der Waals surface area contributed by atoms with E-state index in [-0.39, 0.29) is 29.0 Å². The van der Waals surface area contributed by atoms with E-state index in [1.165, 1.54) is 11.1 Å². The van der Waals surface area contributed by atoms with Crippen molar-refractivity contribution in [3.63, 3.8) is 0 Å². The van der Waals surface area contributed by atoms with Crippen LogP contribution in [0.4, 0.5) is 5.69 Å². The standard InChI is InChI=1S/C21H21N3O3/c25-20-17(22-26)18-16-12-9-15-21(6-7-23(15)10-11(12)5-8-27-18)13-3-1-2-4-14(13)24(20)19(16)21/h1-5,12,15-16,18-19,26H,6-10H2/t12-,15-,16-,18+,19-,21+/m0/s1. The van der Waals surface area contributed by atoms with E-state index in [4.69, 9.17) is 4.74 Å². The predicted octanol–water partition coefficient (Wildman–Crippen LogP) is 1.53. The molecule has 1 saturated carbocycles. The molecule has 138 valence electrons. The normalized spacial score (nSPS) is 45.0. The highest BCUT2D eigenvalue weighted by molar-refractivity contribution is 6.46. The van der Waals surface area contributed by atoms with Gasteiger partial charge in [0.2, 0.25) is 0 Å². The molecule has 7 rings (SSSR count). The zero-order chi connectivity index (χ0) is 17.9. The van der Waals surface area contributed by atoms with Gasteiger partial charge in [-0.3, -0.25) is 9.69 Å². The molecular weight excluding hydrogens is 342 g/mol. The molecule has 4 fully saturated rings. The molecule has 0 unspecified atom stereocenters. The summed E-state index contributed by atoms with van der Waals surface area (Å²) in [4.78, 5) is 18.0. The van der Waals surface area contributed by atoms with Crippen LogP contribution < -0.4 is 4.90 Å². The largest absolute Gasteiger partial charge is 0.410 e. The first-order valence-corrected chi connectivity index (χ1v) is 9.95. The van der Waals surface area contributed by atoms with Crippen LogP contribution in [0.5, 0.6) is 0 Å². The maximum Gasteiger partial charge on any atom is 0.279 e. The third-order valence-corrected chi connectivity index (χ3v) is 8.27. The first-order valence-electron chi connectivity index (χ1n) is 9.95. The molecule has 0 radical (unpaired) electrons. The quantitative estimate of drug-likeness (QED) is 0.431. The number of anilines is 1. The number of amides is 1. The summed E-state index contributed by atoms with van der Waals surface area (Å²) in [5.74, 6) is 0.373. The number of carbonyl (C=O) groups excluding carboxylic acids is 1. The fraction of sp³-hybridized carbons (Fsp3) is 0.524. The van der Waals surface area contributed by atoms with Gasteiger partial charge >= 0.3 is 0 Å². The van der Waals surface area contributed by atoms with Crippen molar-refractivity contribution >= 4 is 17.3 Å². The van der Waals surface area contributed by atoms with E-state index < -0.39 is 6.10 Å². The minimum absolute atomic E-state index is 0.0219. The topological polar surface area (TPSA) is 65.4 Å². The molecule has 1 aromatic rings. The van der Waals surface area contributed by atoms with Gasteiger partial charge in [-0.1, -0.05) is 35.0 Å². The van der Waals surface area contributed by atoms with Gasteiger partial charge in [0, 0.05) is 29.6 Å². The van der Waals surface area contributed by atoms with Crippen LogP contribution in [0.25, 0.3) is 0 Å². The number of para-hydroxylation sites is 1. The molecule has 27 heavy (non-hydrogen) atoms. The molecule has 6 heteroatoms. The predicted molar refractivity (Wildman–Crippen MR) is 98.0 cm³/mol. The lowest BCUT2D eigenvalue weighted by atomic mass is 9.53. The van der Waals surface area contributed by atoms with Gasteiger partial charge in [-0.15, -0.1) is 0 Å². The van der Waals surface area contributed by atoms with Crippen molar-refractivity contribution in [1.29, 1.82) is 0 Å². The highest BCUT2D eigenvalue weighted by Crippen LogP contribution is 2.65. The highest BCUT2D eigenvalue weighted by atomic mass is 16.5. The van der Waals surface area contributed by atoms with Gasteiger partial charge < -0.3 is 14.8 Å². The number of oxime groups is 1. The molecule has 1 spiro atoms. The molecule has 3 saturated heterocycles. The number of ether oxygens (including phenoxy) is 1. The summed E-state index contributed by atoms with van der Waals surface area (Å²) in [6.45, 7) is 2.59. The van der Waals surface area contributed by atoms with E-state index >= 15 is 0 Å². The number of hydrogen-bond donors (Lipinski definition) is 1. The molecule has 5 heterocycles. The number of benzene rings is 1. The first-order chi connectivity index (χ1) is 13.3. The zero-order valence-corrected chi connectivity index (χ0v) is 14.9. The first kappa shape index (κ1) is 14.8. The van der Waals surface area contributed by atoms with Gasteiger partial charge in [-0.2, -0.15) is 0 Å². The van der Waals surface area contributed by atoms with E-state index in [9.17, 15) is 10.0 Å². The van der Waals surface area contributed by atoms with Gasteiger partial charge in [0.25, 0.3) is 5.91 Å². The van der Waals surface area contributed by atoms with Crippen LogP contribution in [0.2, 0.25) is 0 Å². The summed E-state index contributed by atoms with van der Waals surface area (Å²) in [5.41, 5.74) is 3.93. The monoisotopic (exact) mass is 363 g/mol. The minimum Gasteiger partial charge on any atom is -0.410 e. The Labute approximate surface area is 157 Å². The number of carbonyl (C=O) groups is 1. The second-order valence-corrected chi connectivity index (χ2v) is 8.85. The van der Waals surface area contributed by atoms with Crippen LogP contribution in [-0.2, 0) is 14.9 Å². The summed E-state index contributed by atoms with van der Waals surface area (Å²) in [7, 11) is 0. The second-order valence-electron chi connectivity index (χ2n) is 8.85. The minimum atomic E-state index is -0.415. The van der Waals surface area contributed by atoms with Crippen molar-refractivity contribution in [2.24, 2.45) is 17.0 Å². The Kier molecular flexibility index (Phi) is 2.54. The number of fused-ring (bicyclic) bond motifs is 2. The fourth-order valence-corrected chi connectivity index (χ4v) is 7.49. The SMILES string of the molecule is O=C1C(=NO)[C@@H]2OCC=C3CN4CC[C@]56c7ccccc7N1[C@H]5[C@H]2[C@H]3C[C@H]46. The molecule has 1 aromatic carbocycles. The summed E-state index contributed by atoms with van der Waals surface area (Å²) in [6.07, 6.45) is 4.00. The van der Waals surface area contributed by atoms with Crippen molar-refractivity contribution in [2.75, 3.05) is 24.6 Å². The summed E-state index contributed by atoms with van der Waals surface area (Å²) >= 11 is 0. The number of piperidine rings is 2. The maximum absolute atomic E-state index is 13.4. The molecular formula is C21H21N3O3. The van der Waals surface area contributed by atoms with Crippen LogP contribution >= 0.6 is 0 Å². The Morgan fingerprint density at radius 3 is 3.07 bits per heavy atom. The van der Waals surface area contributed by atoms with Gasteiger partial charge in [-0.05, 0) is 36.9 Å². The van der Waals surface area contributed by atoms with Crippen molar-refractivity contribution < 1.29 is 14.7 Å². The summed E-state index contributed by atoms with van der Waals surface area (Å²) < 4.78 is 6.16. The molecule has 1 amide bonds. The number of rotatable bonds is 0. The van der Waals surface area contributed by atoms with Crippen LogP contribution in [0, 0.1) is 11.8 Å².